The van der Waals surface area contributed by atoms with Gasteiger partial charge in [-0.15, -0.1) is 0 Å². The second kappa shape index (κ2) is 7.45. The number of nitrogens with zero attached hydrogens (tertiary/aromatic N) is 1. The van der Waals surface area contributed by atoms with Gasteiger partial charge in [0.25, 0.3) is 5.92 Å². The Morgan fingerprint density at radius 1 is 1.11 bits per heavy atom. The van der Waals surface area contributed by atoms with Gasteiger partial charge in [0.2, 0.25) is 0 Å². The summed E-state index contributed by atoms with van der Waals surface area (Å²) in [5.41, 5.74) is 3.02. The molecule has 0 saturated carbocycles. The van der Waals surface area contributed by atoms with Crippen LogP contribution in [0.4, 0.5) is 8.78 Å². The molecule has 1 N–H and O–H groups in total. The Morgan fingerprint density at radius 2 is 1.81 bits per heavy atom. The van der Waals surface area contributed by atoms with Gasteiger partial charge in [0, 0.05) is 24.2 Å². The number of hydrogen-bond acceptors (Lipinski definition) is 2. The monoisotopic (exact) mass is 387 g/mol. The predicted molar refractivity (Wildman–Crippen MR) is 100 cm³/mol. The molecule has 0 saturated heterocycles. The van der Waals surface area contributed by atoms with E-state index in [1.54, 1.807) is 36.4 Å². The van der Waals surface area contributed by atoms with E-state index in [9.17, 15) is 18.7 Å². The average Bonchev–Trinajstić information content (AvgIpc) is 2.62. The summed E-state index contributed by atoms with van der Waals surface area (Å²) in [6.07, 6.45) is 1.95. The number of benzene rings is 2. The predicted octanol–water partition coefficient (Wildman–Crippen LogP) is 5.80. The van der Waals surface area contributed by atoms with Crippen molar-refractivity contribution in [3.63, 3.8) is 0 Å². The smallest absolute Gasteiger partial charge is 0.335 e. The summed E-state index contributed by atoms with van der Waals surface area (Å²) in [5.74, 6) is -3.92. The number of aromatic nitrogens is 1. The number of pyridine rings is 1. The van der Waals surface area contributed by atoms with Gasteiger partial charge in [-0.3, -0.25) is 4.98 Å². The second-order valence-corrected chi connectivity index (χ2v) is 6.74. The molecule has 138 valence electrons. The first-order chi connectivity index (χ1) is 12.7. The maximum atomic E-state index is 13.4. The highest BCUT2D eigenvalue weighted by molar-refractivity contribution is 6.30. The Morgan fingerprint density at radius 3 is 2.37 bits per heavy atom. The molecule has 0 radical (unpaired) electrons. The zero-order valence-electron chi connectivity index (χ0n) is 14.4. The van der Waals surface area contributed by atoms with Crippen LogP contribution in [0.25, 0.3) is 11.3 Å². The van der Waals surface area contributed by atoms with Crippen molar-refractivity contribution >= 4 is 17.6 Å². The molecule has 0 bridgehead atoms. The van der Waals surface area contributed by atoms with Crippen molar-refractivity contribution < 1.29 is 18.7 Å². The summed E-state index contributed by atoms with van der Waals surface area (Å²) < 4.78 is 26.8. The molecule has 3 rings (SSSR count). The molecule has 0 unspecified atom stereocenters. The van der Waals surface area contributed by atoms with Gasteiger partial charge in [-0.1, -0.05) is 41.9 Å². The van der Waals surface area contributed by atoms with E-state index in [0.717, 1.165) is 18.1 Å². The third-order valence-corrected chi connectivity index (χ3v) is 4.44. The van der Waals surface area contributed by atoms with Crippen molar-refractivity contribution in [1.29, 1.82) is 0 Å². The van der Waals surface area contributed by atoms with Crippen molar-refractivity contribution in [2.75, 3.05) is 0 Å². The highest BCUT2D eigenvalue weighted by atomic mass is 35.5. The number of hydrogen-bond donors (Lipinski definition) is 1. The van der Waals surface area contributed by atoms with Crippen LogP contribution >= 0.6 is 11.6 Å². The fourth-order valence-corrected chi connectivity index (χ4v) is 2.88. The van der Waals surface area contributed by atoms with Crippen molar-refractivity contribution in [2.24, 2.45) is 0 Å². The first-order valence-electron chi connectivity index (χ1n) is 8.19. The fourth-order valence-electron chi connectivity index (χ4n) is 2.77. The largest absolute Gasteiger partial charge is 0.478 e. The lowest BCUT2D eigenvalue weighted by Crippen LogP contribution is -2.06. The molecular formula is C21H16ClF2NO2. The first kappa shape index (κ1) is 19.0. The van der Waals surface area contributed by atoms with Crippen LogP contribution in [0.2, 0.25) is 5.02 Å². The summed E-state index contributed by atoms with van der Waals surface area (Å²) in [7, 11) is 0. The Bertz CT molecular complexity index is 965. The van der Waals surface area contributed by atoms with Gasteiger partial charge in [-0.2, -0.15) is 0 Å². The van der Waals surface area contributed by atoms with E-state index in [4.69, 9.17) is 11.6 Å². The van der Waals surface area contributed by atoms with Crippen LogP contribution in [0.3, 0.4) is 0 Å². The molecule has 3 nitrogen and oxygen atoms in total. The summed E-state index contributed by atoms with van der Waals surface area (Å²) >= 11 is 5.88. The lowest BCUT2D eigenvalue weighted by atomic mass is 9.94. The minimum absolute atomic E-state index is 0.0490. The van der Waals surface area contributed by atoms with E-state index in [2.05, 4.69) is 4.98 Å². The maximum Gasteiger partial charge on any atom is 0.335 e. The van der Waals surface area contributed by atoms with Gasteiger partial charge in [0.1, 0.15) is 0 Å². The van der Waals surface area contributed by atoms with Crippen molar-refractivity contribution in [3.05, 3.63) is 88.1 Å². The molecule has 0 spiro atoms. The molecule has 3 aromatic rings. The number of carbonyl (C=O) groups is 1. The summed E-state index contributed by atoms with van der Waals surface area (Å²) in [5, 5.41) is 9.75. The number of halogens is 3. The number of alkyl halides is 2. The zero-order chi connectivity index (χ0) is 19.6. The Labute approximate surface area is 160 Å². The van der Waals surface area contributed by atoms with Crippen LogP contribution in [0.15, 0.2) is 60.8 Å². The lowest BCUT2D eigenvalue weighted by molar-refractivity contribution is 0.0174. The van der Waals surface area contributed by atoms with Crippen LogP contribution in [-0.2, 0) is 12.3 Å². The highest BCUT2D eigenvalue weighted by Crippen LogP contribution is 2.29. The number of aromatic carboxylic acids is 1. The molecule has 1 heterocycles. The molecule has 2 aromatic carbocycles. The van der Waals surface area contributed by atoms with Crippen LogP contribution < -0.4 is 0 Å². The molecule has 0 aliphatic rings. The average molecular weight is 388 g/mol. The second-order valence-electron chi connectivity index (χ2n) is 6.30. The number of carboxylic acid groups (broad SMARTS) is 1. The van der Waals surface area contributed by atoms with Gasteiger partial charge >= 0.3 is 5.97 Å². The van der Waals surface area contributed by atoms with Crippen LogP contribution in [0.5, 0.6) is 0 Å². The minimum atomic E-state index is -2.89. The lowest BCUT2D eigenvalue weighted by Gasteiger charge is -2.13. The van der Waals surface area contributed by atoms with E-state index in [1.165, 1.54) is 24.4 Å². The van der Waals surface area contributed by atoms with Crippen molar-refractivity contribution in [1.82, 2.24) is 4.98 Å². The number of rotatable bonds is 5. The van der Waals surface area contributed by atoms with E-state index in [1.807, 2.05) is 0 Å². The third-order valence-electron chi connectivity index (χ3n) is 4.22. The van der Waals surface area contributed by atoms with Gasteiger partial charge < -0.3 is 5.11 Å². The molecule has 0 fully saturated rings. The van der Waals surface area contributed by atoms with E-state index >= 15 is 0 Å². The molecule has 0 amide bonds. The molecule has 0 aliphatic heterocycles. The van der Waals surface area contributed by atoms with Gasteiger partial charge in [0.15, 0.2) is 0 Å². The summed E-state index contributed by atoms with van der Waals surface area (Å²) in [4.78, 5) is 15.6. The molecule has 1 aromatic heterocycles. The normalized spacial score (nSPS) is 11.4. The van der Waals surface area contributed by atoms with Crippen molar-refractivity contribution in [2.45, 2.75) is 19.3 Å². The van der Waals surface area contributed by atoms with E-state index in [-0.39, 0.29) is 11.1 Å². The Balaban J connectivity index is 1.99. The quantitative estimate of drug-likeness (QED) is 0.601. The highest BCUT2D eigenvalue weighted by Gasteiger charge is 2.23. The summed E-state index contributed by atoms with van der Waals surface area (Å²) in [6, 6.07) is 14.3. The zero-order valence-corrected chi connectivity index (χ0v) is 15.2. The van der Waals surface area contributed by atoms with Crippen LogP contribution in [-0.4, -0.2) is 16.1 Å². The Hall–Kier alpha value is -2.79. The molecule has 27 heavy (non-hydrogen) atoms. The Kier molecular flexibility index (Phi) is 5.24. The van der Waals surface area contributed by atoms with Gasteiger partial charge in [-0.05, 0) is 41.8 Å². The van der Waals surface area contributed by atoms with Gasteiger partial charge in [-0.25, -0.2) is 13.6 Å². The summed E-state index contributed by atoms with van der Waals surface area (Å²) in [6.45, 7) is 0.858. The minimum Gasteiger partial charge on any atom is -0.478 e. The fraction of sp³-hybridized carbons (Fsp3) is 0.143. The molecule has 0 atom stereocenters. The SMILES string of the molecule is CC(F)(F)c1ccc(Cc2ccc(C(=O)O)cc2-c2ccc(Cl)cn2)cc1. The molecular weight excluding hydrogens is 372 g/mol. The molecule has 6 heteroatoms. The van der Waals surface area contributed by atoms with Gasteiger partial charge in [0.05, 0.1) is 16.3 Å². The molecule has 0 aliphatic carbocycles. The van der Waals surface area contributed by atoms with Crippen LogP contribution in [0, 0.1) is 0 Å². The van der Waals surface area contributed by atoms with E-state index in [0.29, 0.717) is 22.7 Å². The topological polar surface area (TPSA) is 50.2 Å². The standard InChI is InChI=1S/C21H16ClF2NO2/c1-21(23,24)16-6-2-13(3-7-16)10-14-4-5-15(20(26)27)11-18(14)19-9-8-17(22)12-25-19/h2-9,11-12H,10H2,1H3,(H,26,27). The van der Waals surface area contributed by atoms with Crippen molar-refractivity contribution in [3.8, 4) is 11.3 Å². The van der Waals surface area contributed by atoms with E-state index < -0.39 is 11.9 Å². The number of carboxylic acids is 1. The van der Waals surface area contributed by atoms with Crippen LogP contribution in [0.1, 0.15) is 34.0 Å². The third kappa shape index (κ3) is 4.49. The first-order valence-corrected chi connectivity index (χ1v) is 8.57. The maximum absolute atomic E-state index is 13.4.